The van der Waals surface area contributed by atoms with Gasteiger partial charge in [-0.25, -0.2) is 33.3 Å². The lowest BCUT2D eigenvalue weighted by atomic mass is 9.86. The van der Waals surface area contributed by atoms with Crippen LogP contribution in [0.1, 0.15) is 66.5 Å². The van der Waals surface area contributed by atoms with Gasteiger partial charge in [0, 0.05) is 43.8 Å². The number of sulfone groups is 1. The molecule has 1 N–H and O–H groups in total. The summed E-state index contributed by atoms with van der Waals surface area (Å²) in [5.41, 5.74) is 2.76. The first-order valence-electron chi connectivity index (χ1n) is 15.8. The molecule has 4 heterocycles. The SMILES string of the molecule is COc1ncnc(C2CC2)c1-c1ncnc(NCc2ccc(-c3nc(C(F)(F)F)ccc3C3CCN(C(=O)CCS(C)(=O)=O)CC3)cc2)n1. The van der Waals surface area contributed by atoms with Crippen LogP contribution in [0.2, 0.25) is 0 Å². The smallest absolute Gasteiger partial charge is 0.433 e. The maximum absolute atomic E-state index is 13.7. The number of hydrogen-bond donors (Lipinski definition) is 1. The number of methoxy groups -OCH3 is 1. The van der Waals surface area contributed by atoms with E-state index in [0.29, 0.717) is 72.7 Å². The number of nitrogens with one attached hydrogen (secondary N) is 1. The number of aromatic nitrogens is 6. The average molecular weight is 697 g/mol. The topological polar surface area (TPSA) is 153 Å². The van der Waals surface area contributed by atoms with Crippen molar-refractivity contribution in [2.75, 3.05) is 37.5 Å². The lowest BCUT2D eigenvalue weighted by Gasteiger charge is -2.33. The predicted octanol–water partition coefficient (Wildman–Crippen LogP) is 5.05. The third-order valence-electron chi connectivity index (χ3n) is 8.66. The number of anilines is 1. The molecule has 0 bridgehead atoms. The number of nitrogens with zero attached hydrogens (tertiary/aromatic N) is 7. The van der Waals surface area contributed by atoms with E-state index in [1.165, 1.54) is 25.8 Å². The fourth-order valence-corrected chi connectivity index (χ4v) is 6.48. The monoisotopic (exact) mass is 696 g/mol. The molecule has 1 aliphatic carbocycles. The molecule has 1 aromatic carbocycles. The van der Waals surface area contributed by atoms with Crippen LogP contribution >= 0.6 is 0 Å². The van der Waals surface area contributed by atoms with E-state index in [0.717, 1.165) is 36.4 Å². The minimum atomic E-state index is -4.62. The highest BCUT2D eigenvalue weighted by atomic mass is 32.2. The molecule has 2 fully saturated rings. The molecule has 258 valence electrons. The molecule has 1 saturated heterocycles. The summed E-state index contributed by atoms with van der Waals surface area (Å²) in [6.45, 7) is 1.09. The molecule has 3 aromatic heterocycles. The second-order valence-corrected chi connectivity index (χ2v) is 14.5. The van der Waals surface area contributed by atoms with E-state index < -0.39 is 21.7 Å². The number of benzene rings is 1. The maximum Gasteiger partial charge on any atom is 0.433 e. The van der Waals surface area contributed by atoms with Gasteiger partial charge in [0.25, 0.3) is 0 Å². The van der Waals surface area contributed by atoms with Crippen LogP contribution in [0, 0.1) is 0 Å². The number of piperidine rings is 1. The van der Waals surface area contributed by atoms with E-state index in [1.807, 2.05) is 0 Å². The first kappa shape index (κ1) is 34.1. The molecule has 49 heavy (non-hydrogen) atoms. The van der Waals surface area contributed by atoms with Gasteiger partial charge in [0.2, 0.25) is 17.7 Å². The molecule has 1 aliphatic heterocycles. The second-order valence-electron chi connectivity index (χ2n) is 12.3. The zero-order valence-electron chi connectivity index (χ0n) is 26.9. The van der Waals surface area contributed by atoms with Crippen molar-refractivity contribution < 1.29 is 31.1 Å². The largest absolute Gasteiger partial charge is 0.480 e. The number of rotatable bonds is 11. The summed E-state index contributed by atoms with van der Waals surface area (Å²) in [4.78, 5) is 40.1. The Morgan fingerprint density at radius 3 is 2.31 bits per heavy atom. The summed E-state index contributed by atoms with van der Waals surface area (Å²) in [6.07, 6.45) is 2.31. The van der Waals surface area contributed by atoms with Crippen molar-refractivity contribution in [2.45, 2.75) is 56.7 Å². The minimum Gasteiger partial charge on any atom is -0.480 e. The fraction of sp³-hybridized carbons (Fsp3) is 0.424. The second kappa shape index (κ2) is 14.0. The Balaban J connectivity index is 1.17. The van der Waals surface area contributed by atoms with E-state index in [1.54, 1.807) is 29.2 Å². The summed E-state index contributed by atoms with van der Waals surface area (Å²) < 4.78 is 69.6. The first-order chi connectivity index (χ1) is 23.4. The number of halogens is 3. The van der Waals surface area contributed by atoms with Crippen LogP contribution in [0.25, 0.3) is 22.6 Å². The Hall–Kier alpha value is -4.73. The Labute approximate surface area is 281 Å². The normalized spacial score (nSPS) is 15.7. The van der Waals surface area contributed by atoms with Crippen molar-refractivity contribution >= 4 is 21.7 Å². The third kappa shape index (κ3) is 8.29. The summed E-state index contributed by atoms with van der Waals surface area (Å²) in [7, 11) is -1.74. The van der Waals surface area contributed by atoms with Gasteiger partial charge < -0.3 is 15.0 Å². The van der Waals surface area contributed by atoms with Crippen molar-refractivity contribution in [3.8, 4) is 28.5 Å². The highest BCUT2D eigenvalue weighted by Gasteiger charge is 2.35. The lowest BCUT2D eigenvalue weighted by Crippen LogP contribution is -2.38. The van der Waals surface area contributed by atoms with Crippen LogP contribution in [0.3, 0.4) is 0 Å². The van der Waals surface area contributed by atoms with Crippen LogP contribution in [0.15, 0.2) is 49.1 Å². The number of amides is 1. The van der Waals surface area contributed by atoms with Crippen molar-refractivity contribution in [2.24, 2.45) is 0 Å². The van der Waals surface area contributed by atoms with Crippen LogP contribution in [0.4, 0.5) is 19.1 Å². The molecule has 4 aromatic rings. The summed E-state index contributed by atoms with van der Waals surface area (Å²) in [6, 6.07) is 9.55. The molecule has 6 rings (SSSR count). The Morgan fingerprint density at radius 2 is 1.65 bits per heavy atom. The van der Waals surface area contributed by atoms with Gasteiger partial charge in [-0.3, -0.25) is 4.79 Å². The third-order valence-corrected chi connectivity index (χ3v) is 9.61. The zero-order chi connectivity index (χ0) is 34.8. The van der Waals surface area contributed by atoms with Crippen molar-refractivity contribution in [3.63, 3.8) is 0 Å². The lowest BCUT2D eigenvalue weighted by molar-refractivity contribution is -0.141. The van der Waals surface area contributed by atoms with Crippen LogP contribution in [-0.2, 0) is 27.4 Å². The Bertz CT molecular complexity index is 1930. The number of carbonyl (C=O) groups excluding carboxylic acids is 1. The highest BCUT2D eigenvalue weighted by Crippen LogP contribution is 2.45. The predicted molar refractivity (Wildman–Crippen MR) is 174 cm³/mol. The van der Waals surface area contributed by atoms with E-state index in [-0.39, 0.29) is 29.7 Å². The van der Waals surface area contributed by atoms with Gasteiger partial charge in [-0.05, 0) is 48.8 Å². The fourth-order valence-electron chi connectivity index (χ4n) is 5.94. The zero-order valence-corrected chi connectivity index (χ0v) is 27.8. The van der Waals surface area contributed by atoms with E-state index in [2.05, 4.69) is 35.2 Å². The van der Waals surface area contributed by atoms with Crippen LogP contribution < -0.4 is 10.1 Å². The minimum absolute atomic E-state index is 0.0929. The quantitative estimate of drug-likeness (QED) is 0.224. The maximum atomic E-state index is 13.7. The summed E-state index contributed by atoms with van der Waals surface area (Å²) in [5.74, 6) is 0.808. The van der Waals surface area contributed by atoms with Gasteiger partial charge >= 0.3 is 6.18 Å². The van der Waals surface area contributed by atoms with Crippen molar-refractivity contribution in [1.82, 2.24) is 34.8 Å². The molecular formula is C33H35F3N8O4S. The number of likely N-dealkylation sites (tertiary alicyclic amines) is 1. The molecule has 1 amide bonds. The van der Waals surface area contributed by atoms with E-state index in [9.17, 15) is 26.4 Å². The van der Waals surface area contributed by atoms with Gasteiger partial charge in [-0.15, -0.1) is 0 Å². The summed E-state index contributed by atoms with van der Waals surface area (Å²) in [5, 5.41) is 3.18. The Kier molecular flexibility index (Phi) is 9.77. The first-order valence-corrected chi connectivity index (χ1v) is 17.9. The van der Waals surface area contributed by atoms with Crippen molar-refractivity contribution in [3.05, 3.63) is 71.6 Å². The van der Waals surface area contributed by atoms with Crippen molar-refractivity contribution in [1.29, 1.82) is 0 Å². The number of ether oxygens (including phenoxy) is 1. The van der Waals surface area contributed by atoms with Crippen LogP contribution in [-0.4, -0.2) is 81.3 Å². The van der Waals surface area contributed by atoms with Gasteiger partial charge in [-0.2, -0.15) is 18.2 Å². The van der Waals surface area contributed by atoms with Gasteiger partial charge in [0.15, 0.2) is 5.82 Å². The molecule has 16 heteroatoms. The molecule has 0 spiro atoms. The molecule has 1 saturated carbocycles. The molecule has 2 aliphatic rings. The molecule has 0 radical (unpaired) electrons. The average Bonchev–Trinajstić information content (AvgIpc) is 3.95. The van der Waals surface area contributed by atoms with E-state index in [4.69, 9.17) is 4.74 Å². The van der Waals surface area contributed by atoms with Gasteiger partial charge in [0.1, 0.15) is 33.7 Å². The number of carbonyl (C=O) groups is 1. The van der Waals surface area contributed by atoms with Gasteiger partial charge in [-0.1, -0.05) is 30.3 Å². The highest BCUT2D eigenvalue weighted by molar-refractivity contribution is 7.90. The number of pyridine rings is 1. The Morgan fingerprint density at radius 1 is 0.939 bits per heavy atom. The standard InChI is InChI=1S/C33H35F3N8O4S/c1-48-31-27(29(23-7-8-23)38-18-40-31)30-39-19-41-32(43-30)37-17-20-3-5-22(6-4-20)28-24(9-10-25(42-28)33(34,35)36)21-11-14-44(15-12-21)26(45)13-16-49(2,46)47/h3-6,9-10,18-19,21,23H,7-8,11-17H2,1-2H3,(H,37,39,41,43). The van der Waals surface area contributed by atoms with Gasteiger partial charge in [0.05, 0.1) is 24.3 Å². The molecular weight excluding hydrogens is 661 g/mol. The summed E-state index contributed by atoms with van der Waals surface area (Å²) >= 11 is 0. The number of alkyl halides is 3. The molecule has 12 nitrogen and oxygen atoms in total. The molecule has 0 unspecified atom stereocenters. The number of hydrogen-bond acceptors (Lipinski definition) is 11. The van der Waals surface area contributed by atoms with E-state index >= 15 is 0 Å². The van der Waals surface area contributed by atoms with Crippen LogP contribution in [0.5, 0.6) is 5.88 Å². The molecule has 0 atom stereocenters.